The molecule has 0 fully saturated rings. The first-order valence-corrected chi connectivity index (χ1v) is 5.98. The van der Waals surface area contributed by atoms with Gasteiger partial charge in [0.1, 0.15) is 11.0 Å². The highest BCUT2D eigenvalue weighted by Gasteiger charge is 2.12. The number of pyridine rings is 2. The van der Waals surface area contributed by atoms with E-state index in [2.05, 4.69) is 15.4 Å². The van der Waals surface area contributed by atoms with Crippen LogP contribution in [0.3, 0.4) is 0 Å². The zero-order chi connectivity index (χ0) is 13.2. The van der Waals surface area contributed by atoms with Crippen LogP contribution in [-0.2, 0) is 0 Å². The number of nitrogens with zero attached hydrogens (tertiary/aromatic N) is 3. The predicted octanol–water partition coefficient (Wildman–Crippen LogP) is 2.64. The highest BCUT2D eigenvalue weighted by atomic mass is 35.5. The molecule has 94 valence electrons. The summed E-state index contributed by atoms with van der Waals surface area (Å²) in [6.45, 7) is 0. The van der Waals surface area contributed by atoms with E-state index in [1.807, 2.05) is 18.2 Å². The number of rotatable bonds is 2. The molecule has 1 N–H and O–H groups in total. The topological polar surface area (TPSA) is 59.3 Å². The lowest BCUT2D eigenvalue weighted by atomic mass is 10.2. The number of halogens is 1. The molecule has 0 bridgehead atoms. The molecule has 6 heteroatoms. The smallest absolute Gasteiger partial charge is 0.260 e. The molecule has 0 unspecified atom stereocenters. The summed E-state index contributed by atoms with van der Waals surface area (Å²) < 4.78 is 1.64. The molecule has 0 spiro atoms. The lowest BCUT2D eigenvalue weighted by Gasteiger charge is -2.03. The number of amides is 1. The van der Waals surface area contributed by atoms with Crippen LogP contribution in [0.15, 0.2) is 48.8 Å². The molecular formula is C13H9ClN4O. The van der Waals surface area contributed by atoms with Crippen molar-refractivity contribution in [3.8, 4) is 0 Å². The standard InChI is InChI=1S/C13H9ClN4O/c14-11-5-3-6-12(16-11)17-13(19)9-8-15-18-7-2-1-4-10(9)18/h1-8H,(H,16,17,19). The van der Waals surface area contributed by atoms with Crippen molar-refractivity contribution in [1.29, 1.82) is 0 Å². The van der Waals surface area contributed by atoms with E-state index in [1.165, 1.54) is 6.20 Å². The SMILES string of the molecule is O=C(Nc1cccc(Cl)n1)c1cnn2ccccc12. The van der Waals surface area contributed by atoms with Crippen LogP contribution in [0.4, 0.5) is 5.82 Å². The van der Waals surface area contributed by atoms with E-state index in [0.717, 1.165) is 5.52 Å². The van der Waals surface area contributed by atoms with Gasteiger partial charge in [0.25, 0.3) is 5.91 Å². The summed E-state index contributed by atoms with van der Waals surface area (Å²) in [5.41, 5.74) is 1.23. The third kappa shape index (κ3) is 2.28. The molecule has 0 aliphatic carbocycles. The third-order valence-electron chi connectivity index (χ3n) is 2.63. The van der Waals surface area contributed by atoms with E-state index in [-0.39, 0.29) is 5.91 Å². The zero-order valence-electron chi connectivity index (χ0n) is 9.75. The summed E-state index contributed by atoms with van der Waals surface area (Å²) in [6.07, 6.45) is 3.30. The Kier molecular flexibility index (Phi) is 2.89. The van der Waals surface area contributed by atoms with Gasteiger partial charge in [0.2, 0.25) is 0 Å². The van der Waals surface area contributed by atoms with Crippen LogP contribution in [0.2, 0.25) is 5.15 Å². The lowest BCUT2D eigenvalue weighted by molar-refractivity contribution is 0.102. The van der Waals surface area contributed by atoms with Gasteiger partial charge in [0.15, 0.2) is 0 Å². The second kappa shape index (κ2) is 4.70. The molecule has 5 nitrogen and oxygen atoms in total. The van der Waals surface area contributed by atoms with Crippen molar-refractivity contribution < 1.29 is 4.79 Å². The molecule has 3 rings (SSSR count). The van der Waals surface area contributed by atoms with Crippen LogP contribution in [-0.4, -0.2) is 20.5 Å². The summed E-state index contributed by atoms with van der Waals surface area (Å²) >= 11 is 5.77. The molecule has 3 aromatic rings. The fourth-order valence-corrected chi connectivity index (χ4v) is 1.93. The first-order valence-electron chi connectivity index (χ1n) is 5.60. The molecule has 3 heterocycles. The van der Waals surface area contributed by atoms with Crippen molar-refractivity contribution >= 4 is 28.8 Å². The number of carbonyl (C=O) groups excluding carboxylic acids is 1. The Morgan fingerprint density at radius 2 is 2.11 bits per heavy atom. The Morgan fingerprint density at radius 3 is 2.95 bits per heavy atom. The summed E-state index contributed by atoms with van der Waals surface area (Å²) in [6, 6.07) is 10.6. The zero-order valence-corrected chi connectivity index (χ0v) is 10.5. The Balaban J connectivity index is 1.92. The van der Waals surface area contributed by atoms with Gasteiger partial charge in [0.05, 0.1) is 17.3 Å². The molecule has 0 saturated heterocycles. The van der Waals surface area contributed by atoms with E-state index in [4.69, 9.17) is 11.6 Å². The summed E-state index contributed by atoms with van der Waals surface area (Å²) in [7, 11) is 0. The molecule has 3 aromatic heterocycles. The van der Waals surface area contributed by atoms with Gasteiger partial charge in [-0.05, 0) is 24.3 Å². The summed E-state index contributed by atoms with van der Waals surface area (Å²) in [4.78, 5) is 16.2. The molecule has 0 atom stereocenters. The number of hydrogen-bond donors (Lipinski definition) is 1. The van der Waals surface area contributed by atoms with E-state index >= 15 is 0 Å². The predicted molar refractivity (Wildman–Crippen MR) is 72.4 cm³/mol. The molecule has 0 saturated carbocycles. The average molecular weight is 273 g/mol. The second-order valence-electron chi connectivity index (χ2n) is 3.89. The van der Waals surface area contributed by atoms with Crippen LogP contribution < -0.4 is 5.32 Å². The van der Waals surface area contributed by atoms with Gasteiger partial charge in [0, 0.05) is 6.20 Å². The minimum atomic E-state index is -0.268. The fraction of sp³-hybridized carbons (Fsp3) is 0. The number of hydrogen-bond acceptors (Lipinski definition) is 3. The van der Waals surface area contributed by atoms with E-state index in [1.54, 1.807) is 28.9 Å². The highest BCUT2D eigenvalue weighted by Crippen LogP contribution is 2.14. The summed E-state index contributed by atoms with van der Waals surface area (Å²) in [5.74, 6) is 0.142. The Morgan fingerprint density at radius 1 is 1.21 bits per heavy atom. The molecule has 19 heavy (non-hydrogen) atoms. The van der Waals surface area contributed by atoms with Crippen molar-refractivity contribution in [3.05, 3.63) is 59.5 Å². The van der Waals surface area contributed by atoms with Crippen molar-refractivity contribution in [2.45, 2.75) is 0 Å². The van der Waals surface area contributed by atoms with Gasteiger partial charge in [-0.1, -0.05) is 23.7 Å². The Bertz CT molecular complexity index is 753. The van der Waals surface area contributed by atoms with Crippen LogP contribution in [0, 0.1) is 0 Å². The maximum absolute atomic E-state index is 12.2. The number of aromatic nitrogens is 3. The van der Waals surface area contributed by atoms with Crippen LogP contribution in [0.1, 0.15) is 10.4 Å². The number of carbonyl (C=O) groups is 1. The largest absolute Gasteiger partial charge is 0.306 e. The van der Waals surface area contributed by atoms with Gasteiger partial charge >= 0.3 is 0 Å². The third-order valence-corrected chi connectivity index (χ3v) is 2.84. The van der Waals surface area contributed by atoms with Crippen molar-refractivity contribution in [2.75, 3.05) is 5.32 Å². The van der Waals surface area contributed by atoms with Crippen LogP contribution in [0.25, 0.3) is 5.52 Å². The molecular weight excluding hydrogens is 264 g/mol. The first-order chi connectivity index (χ1) is 9.24. The van der Waals surface area contributed by atoms with Crippen molar-refractivity contribution in [1.82, 2.24) is 14.6 Å². The van der Waals surface area contributed by atoms with Gasteiger partial charge in [-0.2, -0.15) is 5.10 Å². The van der Waals surface area contributed by atoms with E-state index in [0.29, 0.717) is 16.5 Å². The maximum atomic E-state index is 12.2. The molecule has 0 aliphatic heterocycles. The van der Waals surface area contributed by atoms with Crippen LogP contribution in [0.5, 0.6) is 0 Å². The van der Waals surface area contributed by atoms with Gasteiger partial charge < -0.3 is 5.32 Å². The summed E-state index contributed by atoms with van der Waals surface area (Å²) in [5, 5.41) is 7.13. The molecule has 0 radical (unpaired) electrons. The van der Waals surface area contributed by atoms with Gasteiger partial charge in [-0.3, -0.25) is 4.79 Å². The molecule has 1 amide bonds. The molecule has 0 aliphatic rings. The second-order valence-corrected chi connectivity index (χ2v) is 4.28. The maximum Gasteiger partial charge on any atom is 0.260 e. The van der Waals surface area contributed by atoms with Crippen LogP contribution >= 0.6 is 11.6 Å². The fourth-order valence-electron chi connectivity index (χ4n) is 1.77. The van der Waals surface area contributed by atoms with E-state index < -0.39 is 0 Å². The highest BCUT2D eigenvalue weighted by molar-refractivity contribution is 6.29. The van der Waals surface area contributed by atoms with Crippen molar-refractivity contribution in [2.24, 2.45) is 0 Å². The van der Waals surface area contributed by atoms with Gasteiger partial charge in [-0.15, -0.1) is 0 Å². The minimum absolute atomic E-state index is 0.268. The number of anilines is 1. The van der Waals surface area contributed by atoms with E-state index in [9.17, 15) is 4.79 Å². The van der Waals surface area contributed by atoms with Crippen molar-refractivity contribution in [3.63, 3.8) is 0 Å². The lowest BCUT2D eigenvalue weighted by Crippen LogP contribution is -2.12. The number of nitrogens with one attached hydrogen (secondary N) is 1. The Labute approximate surface area is 113 Å². The monoisotopic (exact) mass is 272 g/mol. The normalized spacial score (nSPS) is 10.6. The first kappa shape index (κ1) is 11.7. The Hall–Kier alpha value is -2.40. The minimum Gasteiger partial charge on any atom is -0.306 e. The van der Waals surface area contributed by atoms with Gasteiger partial charge in [-0.25, -0.2) is 9.50 Å². The number of fused-ring (bicyclic) bond motifs is 1. The quantitative estimate of drug-likeness (QED) is 0.730. The average Bonchev–Trinajstić information content (AvgIpc) is 2.82. The molecule has 0 aromatic carbocycles.